The number of carbonyl (C=O) groups is 4. The standard InChI is InChI=1S/C34H43N5O2.3C2HF3O2/c1-39(2)14-12-37(13-15-39)22-26-6-5-9-29(17-26)34(40)36-20-25-10-11-33(41-3)32(18-25)28-8-4-7-27(16-28)23-38-24-30-19-31(38)21-35-30;3*3-2(4,5)1(6)7/h4-11,16-18,30-31,35H,12-15,19-24H2,1-3H3;3*(H,6,7)/p+1. The first-order valence-electron chi connectivity index (χ1n) is 18.7. The smallest absolute Gasteiger partial charge is 0.490 e. The Morgan fingerprint density at radius 2 is 1.29 bits per heavy atom. The van der Waals surface area contributed by atoms with Gasteiger partial charge in [-0.2, -0.15) is 39.5 Å². The van der Waals surface area contributed by atoms with E-state index in [9.17, 15) is 44.3 Å². The monoisotopic (exact) mass is 896 g/mol. The highest BCUT2D eigenvalue weighted by Crippen LogP contribution is 2.33. The van der Waals surface area contributed by atoms with Crippen molar-refractivity contribution in [2.75, 3.05) is 60.5 Å². The number of nitrogens with one attached hydrogen (secondary N) is 2. The molecule has 2 atom stereocenters. The molecule has 3 saturated heterocycles. The first kappa shape index (κ1) is 50.9. The van der Waals surface area contributed by atoms with Crippen molar-refractivity contribution in [1.82, 2.24) is 20.4 Å². The highest BCUT2D eigenvalue weighted by molar-refractivity contribution is 5.94. The molecule has 0 radical (unpaired) electrons. The van der Waals surface area contributed by atoms with Crippen molar-refractivity contribution in [3.05, 3.63) is 89.0 Å². The van der Waals surface area contributed by atoms with Gasteiger partial charge in [0.25, 0.3) is 5.91 Å². The summed E-state index contributed by atoms with van der Waals surface area (Å²) in [6, 6.07) is 24.4. The fourth-order valence-corrected chi connectivity index (χ4v) is 6.56. The summed E-state index contributed by atoms with van der Waals surface area (Å²) in [6.45, 7) is 9.05. The number of carboxylic acids is 3. The number of amides is 1. The molecule has 0 saturated carbocycles. The van der Waals surface area contributed by atoms with Crippen molar-refractivity contribution in [3.8, 4) is 16.9 Å². The number of hydrogen-bond acceptors (Lipinski definition) is 8. The topological polar surface area (TPSA) is 169 Å². The summed E-state index contributed by atoms with van der Waals surface area (Å²) in [6.07, 6.45) is -14.0. The summed E-state index contributed by atoms with van der Waals surface area (Å²) >= 11 is 0. The quantitative estimate of drug-likeness (QED) is 0.133. The largest absolute Gasteiger partial charge is 0.496 e. The van der Waals surface area contributed by atoms with E-state index in [0.29, 0.717) is 24.2 Å². The van der Waals surface area contributed by atoms with Gasteiger partial charge in [0.2, 0.25) is 0 Å². The number of rotatable bonds is 9. The molecule has 1 amide bonds. The number of aliphatic carboxylic acids is 3. The number of quaternary nitrogens is 1. The van der Waals surface area contributed by atoms with E-state index in [1.807, 2.05) is 30.3 Å². The van der Waals surface area contributed by atoms with Crippen LogP contribution in [0.5, 0.6) is 5.75 Å². The summed E-state index contributed by atoms with van der Waals surface area (Å²) in [5, 5.41) is 28.1. The van der Waals surface area contributed by atoms with E-state index < -0.39 is 36.4 Å². The third-order valence-electron chi connectivity index (χ3n) is 9.88. The number of nitrogens with zero attached hydrogens (tertiary/aromatic N) is 3. The molecule has 5 N–H and O–H groups in total. The molecule has 3 aromatic carbocycles. The van der Waals surface area contributed by atoms with Crippen molar-refractivity contribution in [2.45, 2.75) is 56.7 Å². The fourth-order valence-electron chi connectivity index (χ4n) is 6.56. The van der Waals surface area contributed by atoms with Crippen LogP contribution in [-0.2, 0) is 34.0 Å². The van der Waals surface area contributed by atoms with Gasteiger partial charge in [0.05, 0.1) is 34.3 Å². The summed E-state index contributed by atoms with van der Waals surface area (Å²) in [4.78, 5) is 44.9. The van der Waals surface area contributed by atoms with Crippen LogP contribution >= 0.6 is 0 Å². The first-order chi connectivity index (χ1) is 28.7. The van der Waals surface area contributed by atoms with Crippen LogP contribution in [0.4, 0.5) is 39.5 Å². The number of carboxylic acid groups (broad SMARTS) is 3. The highest BCUT2D eigenvalue weighted by Gasteiger charge is 2.40. The Morgan fingerprint density at radius 3 is 1.77 bits per heavy atom. The molecule has 3 heterocycles. The minimum absolute atomic E-state index is 0.0444. The zero-order valence-corrected chi connectivity index (χ0v) is 33.7. The van der Waals surface area contributed by atoms with E-state index in [2.05, 4.69) is 70.9 Å². The van der Waals surface area contributed by atoms with Crippen LogP contribution in [0.2, 0.25) is 0 Å². The molecule has 2 bridgehead atoms. The number of piperazine rings is 2. The van der Waals surface area contributed by atoms with Crippen LogP contribution in [0, 0.1) is 0 Å². The number of halogens is 9. The number of carbonyl (C=O) groups excluding carboxylic acids is 1. The van der Waals surface area contributed by atoms with Gasteiger partial charge < -0.3 is 35.2 Å². The van der Waals surface area contributed by atoms with Crippen molar-refractivity contribution in [2.24, 2.45) is 0 Å². The van der Waals surface area contributed by atoms with E-state index in [0.717, 1.165) is 79.3 Å². The van der Waals surface area contributed by atoms with Crippen molar-refractivity contribution < 1.29 is 83.2 Å². The maximum atomic E-state index is 13.1. The molecule has 3 fully saturated rings. The van der Waals surface area contributed by atoms with E-state index in [-0.39, 0.29) is 5.91 Å². The second kappa shape index (κ2) is 21.6. The molecule has 62 heavy (non-hydrogen) atoms. The van der Waals surface area contributed by atoms with E-state index in [1.165, 1.54) is 17.5 Å². The van der Waals surface area contributed by atoms with Gasteiger partial charge >= 0.3 is 36.4 Å². The molecular formula is C40H47F9N5O8+. The zero-order valence-electron chi connectivity index (χ0n) is 33.7. The zero-order chi connectivity index (χ0) is 46.6. The van der Waals surface area contributed by atoms with Crippen molar-refractivity contribution >= 4 is 23.8 Å². The average Bonchev–Trinajstić information content (AvgIpc) is 3.81. The third kappa shape index (κ3) is 16.4. The minimum Gasteiger partial charge on any atom is -0.496 e. The molecule has 342 valence electrons. The number of alkyl halides is 9. The number of likely N-dealkylation sites (tertiary alicyclic amines) is 1. The van der Waals surface area contributed by atoms with Gasteiger partial charge in [0, 0.05) is 69.0 Å². The van der Waals surface area contributed by atoms with Gasteiger partial charge in [0.1, 0.15) is 5.75 Å². The van der Waals surface area contributed by atoms with Gasteiger partial charge in [-0.05, 0) is 59.0 Å². The van der Waals surface area contributed by atoms with Gasteiger partial charge in [-0.15, -0.1) is 0 Å². The Labute approximate surface area is 350 Å². The second-order valence-corrected chi connectivity index (χ2v) is 15.1. The van der Waals surface area contributed by atoms with E-state index in [1.54, 1.807) is 7.11 Å². The number of methoxy groups -OCH3 is 1. The SMILES string of the molecule is COc1ccc(CNC(=O)c2cccc(CN3CC[N+](C)(C)CC3)c2)cc1-c1cccc(CN2CC3CC2CN3)c1.O=C(O)C(F)(F)F.O=C(O)C(F)(F)F.O=C(O)C(F)(F)F. The Hall–Kier alpha value is -5.45. The Bertz CT molecular complexity index is 1940. The lowest BCUT2D eigenvalue weighted by molar-refractivity contribution is -0.894. The fraction of sp³-hybridized carbons (Fsp3) is 0.450. The summed E-state index contributed by atoms with van der Waals surface area (Å²) in [5.41, 5.74) is 6.46. The molecule has 3 aromatic rings. The Morgan fingerprint density at radius 1 is 0.758 bits per heavy atom. The lowest BCUT2D eigenvalue weighted by atomic mass is 9.99. The summed E-state index contributed by atoms with van der Waals surface area (Å²) < 4.78 is 102. The Balaban J connectivity index is 0.000000403. The maximum Gasteiger partial charge on any atom is 0.490 e. The molecule has 0 spiro atoms. The summed E-state index contributed by atoms with van der Waals surface area (Å²) in [7, 11) is 6.30. The van der Waals surface area contributed by atoms with Crippen molar-refractivity contribution in [1.29, 1.82) is 0 Å². The minimum atomic E-state index is -5.08. The van der Waals surface area contributed by atoms with Gasteiger partial charge in [-0.3, -0.25) is 14.6 Å². The van der Waals surface area contributed by atoms with Gasteiger partial charge in [-0.1, -0.05) is 36.4 Å². The average molecular weight is 897 g/mol. The predicted molar refractivity (Wildman–Crippen MR) is 205 cm³/mol. The molecule has 22 heteroatoms. The number of likely N-dealkylation sites (N-methyl/N-ethyl adjacent to an activating group) is 1. The first-order valence-corrected chi connectivity index (χ1v) is 18.7. The number of ether oxygens (including phenoxy) is 1. The number of hydrogen-bond donors (Lipinski definition) is 5. The van der Waals surface area contributed by atoms with Crippen LogP contribution in [0.15, 0.2) is 66.7 Å². The molecule has 13 nitrogen and oxygen atoms in total. The van der Waals surface area contributed by atoms with E-state index >= 15 is 0 Å². The van der Waals surface area contributed by atoms with Crippen molar-refractivity contribution in [3.63, 3.8) is 0 Å². The van der Waals surface area contributed by atoms with Crippen LogP contribution < -0.4 is 15.4 Å². The van der Waals surface area contributed by atoms with Crippen LogP contribution in [0.3, 0.4) is 0 Å². The molecule has 0 aromatic heterocycles. The lowest BCUT2D eigenvalue weighted by Crippen LogP contribution is -2.54. The molecule has 3 aliphatic rings. The number of fused-ring (bicyclic) bond motifs is 2. The van der Waals surface area contributed by atoms with Gasteiger partial charge in [0.15, 0.2) is 0 Å². The molecular weight excluding hydrogens is 849 g/mol. The predicted octanol–water partition coefficient (Wildman–Crippen LogP) is 5.63. The molecule has 2 unspecified atom stereocenters. The third-order valence-corrected chi connectivity index (χ3v) is 9.88. The highest BCUT2D eigenvalue weighted by atomic mass is 19.4. The second-order valence-electron chi connectivity index (χ2n) is 15.1. The molecule has 3 aliphatic heterocycles. The normalized spacial score (nSPS) is 18.5. The summed E-state index contributed by atoms with van der Waals surface area (Å²) in [5.74, 6) is -7.47. The molecule has 0 aliphatic carbocycles. The Kier molecular flexibility index (Phi) is 17.7. The maximum absolute atomic E-state index is 13.1. The lowest BCUT2D eigenvalue weighted by Gasteiger charge is -2.39. The van der Waals surface area contributed by atoms with E-state index in [4.69, 9.17) is 34.4 Å². The van der Waals surface area contributed by atoms with Crippen LogP contribution in [-0.4, -0.2) is 145 Å². The molecule has 6 rings (SSSR count). The van der Waals surface area contributed by atoms with Crippen LogP contribution in [0.1, 0.15) is 33.5 Å². The van der Waals surface area contributed by atoms with Crippen LogP contribution in [0.25, 0.3) is 11.1 Å². The number of benzene rings is 3. The van der Waals surface area contributed by atoms with Gasteiger partial charge in [-0.25, -0.2) is 14.4 Å².